The molecule has 0 bridgehead atoms. The average Bonchev–Trinajstić information content (AvgIpc) is 2.59. The minimum atomic E-state index is -3.45. The Bertz CT molecular complexity index is 716. The predicted octanol–water partition coefficient (Wildman–Crippen LogP) is 4.63. The van der Waals surface area contributed by atoms with Crippen molar-refractivity contribution < 1.29 is 8.42 Å². The summed E-state index contributed by atoms with van der Waals surface area (Å²) >= 11 is 0. The summed E-state index contributed by atoms with van der Waals surface area (Å²) in [7, 11) is 0.0142. The number of hydrogen-bond acceptors (Lipinski definition) is 4. The van der Waals surface area contributed by atoms with Crippen LogP contribution < -0.4 is 4.72 Å². The molecule has 1 N–H and O–H groups in total. The van der Waals surface area contributed by atoms with E-state index in [2.05, 4.69) is 16.9 Å². The van der Waals surface area contributed by atoms with Gasteiger partial charge in [-0.3, -0.25) is 0 Å². The van der Waals surface area contributed by atoms with Gasteiger partial charge < -0.3 is 0 Å². The number of hydrogen-bond donors (Lipinski definition) is 1. The van der Waals surface area contributed by atoms with Gasteiger partial charge in [-0.15, -0.1) is 0 Å². The molecule has 2 rings (SSSR count). The van der Waals surface area contributed by atoms with Gasteiger partial charge >= 0.3 is 0 Å². The van der Waals surface area contributed by atoms with Gasteiger partial charge in [0.25, 0.3) is 0 Å². The van der Waals surface area contributed by atoms with Crippen LogP contribution in [-0.2, 0) is 15.8 Å². The largest absolute Gasteiger partial charge is 0.240 e. The van der Waals surface area contributed by atoms with E-state index >= 15 is 0 Å². The van der Waals surface area contributed by atoms with E-state index in [0.717, 1.165) is 23.5 Å². The highest BCUT2D eigenvalue weighted by molar-refractivity contribution is 8.76. The molecule has 0 amide bonds. The fourth-order valence-corrected chi connectivity index (χ4v) is 5.91. The van der Waals surface area contributed by atoms with Crippen LogP contribution in [0, 0.1) is 6.92 Å². The van der Waals surface area contributed by atoms with Gasteiger partial charge in [0.05, 0.1) is 4.90 Å². The standard InChI is InChI=1S/C18H23NO2S3/c1-3-17(14-23-22-13-16-7-5-4-6-8-16)19-24(20,21)18-11-9-15(2)10-12-18/h4-12,17,19H,3,13-14H2,1-2H3/t17-/m0/s1. The molecule has 0 spiro atoms. The first-order chi connectivity index (χ1) is 11.5. The minimum absolute atomic E-state index is 0.0652. The number of nitrogens with one attached hydrogen (secondary N) is 1. The minimum Gasteiger partial charge on any atom is -0.207 e. The lowest BCUT2D eigenvalue weighted by atomic mass is 10.2. The van der Waals surface area contributed by atoms with Gasteiger partial charge in [-0.05, 0) is 31.0 Å². The molecule has 130 valence electrons. The van der Waals surface area contributed by atoms with Gasteiger partial charge in [-0.25, -0.2) is 13.1 Å². The Balaban J connectivity index is 1.83. The van der Waals surface area contributed by atoms with Crippen molar-refractivity contribution in [2.45, 2.75) is 37.0 Å². The van der Waals surface area contributed by atoms with Crippen LogP contribution in [0.5, 0.6) is 0 Å². The van der Waals surface area contributed by atoms with Gasteiger partial charge in [0.2, 0.25) is 10.0 Å². The molecular formula is C18H23NO2S3. The van der Waals surface area contributed by atoms with E-state index < -0.39 is 10.0 Å². The highest BCUT2D eigenvalue weighted by Gasteiger charge is 2.18. The molecule has 0 radical (unpaired) electrons. The first-order valence-electron chi connectivity index (χ1n) is 7.88. The highest BCUT2D eigenvalue weighted by Crippen LogP contribution is 2.27. The van der Waals surface area contributed by atoms with E-state index in [-0.39, 0.29) is 6.04 Å². The monoisotopic (exact) mass is 381 g/mol. The van der Waals surface area contributed by atoms with Crippen LogP contribution in [0.15, 0.2) is 59.5 Å². The van der Waals surface area contributed by atoms with Crippen LogP contribution >= 0.6 is 21.6 Å². The van der Waals surface area contributed by atoms with Gasteiger partial charge in [-0.1, -0.05) is 76.5 Å². The molecule has 6 heteroatoms. The third-order valence-electron chi connectivity index (χ3n) is 3.57. The third-order valence-corrected chi connectivity index (χ3v) is 7.52. The summed E-state index contributed by atoms with van der Waals surface area (Å²) in [5.74, 6) is 1.67. The fraction of sp³-hybridized carbons (Fsp3) is 0.333. The average molecular weight is 382 g/mol. The summed E-state index contributed by atoms with van der Waals surface area (Å²) in [5.41, 5.74) is 2.33. The van der Waals surface area contributed by atoms with Crippen molar-refractivity contribution in [3.8, 4) is 0 Å². The zero-order valence-electron chi connectivity index (χ0n) is 13.9. The molecule has 2 aromatic carbocycles. The lowest BCUT2D eigenvalue weighted by Gasteiger charge is -2.16. The number of benzene rings is 2. The summed E-state index contributed by atoms with van der Waals surface area (Å²) in [6, 6.07) is 17.2. The van der Waals surface area contributed by atoms with Crippen molar-refractivity contribution in [1.29, 1.82) is 0 Å². The Morgan fingerprint density at radius 2 is 1.67 bits per heavy atom. The fourth-order valence-electron chi connectivity index (χ4n) is 2.05. The SMILES string of the molecule is CC[C@@H](CSSCc1ccccc1)NS(=O)(=O)c1ccc(C)cc1. The van der Waals surface area contributed by atoms with Crippen LogP contribution in [0.1, 0.15) is 24.5 Å². The maximum atomic E-state index is 12.4. The van der Waals surface area contributed by atoms with Crippen LogP contribution in [0.2, 0.25) is 0 Å². The van der Waals surface area contributed by atoms with Gasteiger partial charge in [0.15, 0.2) is 0 Å². The zero-order valence-corrected chi connectivity index (χ0v) is 16.4. The van der Waals surface area contributed by atoms with E-state index in [9.17, 15) is 8.42 Å². The Labute approximate surface area is 153 Å². The number of sulfonamides is 1. The summed E-state index contributed by atoms with van der Waals surface area (Å²) in [4.78, 5) is 0.327. The molecule has 0 aromatic heterocycles. The summed E-state index contributed by atoms with van der Waals surface area (Å²) in [6.45, 7) is 3.95. The van der Waals surface area contributed by atoms with Gasteiger partial charge in [0.1, 0.15) is 0 Å². The van der Waals surface area contributed by atoms with E-state index in [1.807, 2.05) is 44.2 Å². The Morgan fingerprint density at radius 3 is 2.29 bits per heavy atom. The Morgan fingerprint density at radius 1 is 1.00 bits per heavy atom. The number of rotatable bonds is 9. The third kappa shape index (κ3) is 6.16. The molecule has 1 atom stereocenters. The molecule has 2 aromatic rings. The maximum Gasteiger partial charge on any atom is 0.240 e. The van der Waals surface area contributed by atoms with Gasteiger partial charge in [0, 0.05) is 17.5 Å². The van der Waals surface area contributed by atoms with E-state index in [0.29, 0.717) is 4.90 Å². The molecule has 0 aliphatic heterocycles. The Kier molecular flexibility index (Phi) is 7.68. The van der Waals surface area contributed by atoms with Crippen LogP contribution in [0.3, 0.4) is 0 Å². The molecule has 0 heterocycles. The lowest BCUT2D eigenvalue weighted by molar-refractivity contribution is 0.558. The molecule has 0 aliphatic rings. The van der Waals surface area contributed by atoms with Crippen molar-refractivity contribution in [1.82, 2.24) is 4.72 Å². The summed E-state index contributed by atoms with van der Waals surface area (Å²) in [5, 5.41) is 0. The second kappa shape index (κ2) is 9.51. The summed E-state index contributed by atoms with van der Waals surface area (Å²) in [6.07, 6.45) is 0.768. The topological polar surface area (TPSA) is 46.2 Å². The van der Waals surface area contributed by atoms with Gasteiger partial charge in [-0.2, -0.15) is 0 Å². The summed E-state index contributed by atoms with van der Waals surface area (Å²) < 4.78 is 27.7. The molecule has 0 aliphatic carbocycles. The smallest absolute Gasteiger partial charge is 0.207 e. The second-order valence-corrected chi connectivity index (χ2v) is 9.79. The molecule has 0 unspecified atom stereocenters. The van der Waals surface area contributed by atoms with E-state index in [1.54, 1.807) is 33.7 Å². The van der Waals surface area contributed by atoms with Crippen LogP contribution in [0.4, 0.5) is 0 Å². The first kappa shape index (κ1) is 19.4. The number of aryl methyl sites for hydroxylation is 1. The lowest BCUT2D eigenvalue weighted by Crippen LogP contribution is -2.36. The molecule has 0 fully saturated rings. The van der Waals surface area contributed by atoms with Crippen molar-refractivity contribution in [3.63, 3.8) is 0 Å². The Hall–Kier alpha value is -0.950. The molecule has 24 heavy (non-hydrogen) atoms. The highest BCUT2D eigenvalue weighted by atomic mass is 33.1. The zero-order chi connectivity index (χ0) is 17.4. The van der Waals surface area contributed by atoms with Crippen molar-refractivity contribution in [3.05, 3.63) is 65.7 Å². The first-order valence-corrected chi connectivity index (χ1v) is 11.9. The second-order valence-electron chi connectivity index (χ2n) is 5.57. The van der Waals surface area contributed by atoms with Crippen molar-refractivity contribution in [2.75, 3.05) is 5.75 Å². The molecule has 0 saturated carbocycles. The molecular weight excluding hydrogens is 358 g/mol. The van der Waals surface area contributed by atoms with E-state index in [4.69, 9.17) is 0 Å². The van der Waals surface area contributed by atoms with Crippen LogP contribution in [-0.4, -0.2) is 20.2 Å². The van der Waals surface area contributed by atoms with Crippen molar-refractivity contribution >= 4 is 31.6 Å². The molecule has 0 saturated heterocycles. The predicted molar refractivity (Wildman–Crippen MR) is 106 cm³/mol. The van der Waals surface area contributed by atoms with Crippen LogP contribution in [0.25, 0.3) is 0 Å². The van der Waals surface area contributed by atoms with E-state index in [1.165, 1.54) is 5.56 Å². The van der Waals surface area contributed by atoms with Crippen molar-refractivity contribution in [2.24, 2.45) is 0 Å². The maximum absolute atomic E-state index is 12.4. The molecule has 3 nitrogen and oxygen atoms in total. The quantitative estimate of drug-likeness (QED) is 0.508. The normalized spacial score (nSPS) is 12.9.